The highest BCUT2D eigenvalue weighted by atomic mass is 16.6. The number of amides is 1. The van der Waals surface area contributed by atoms with Crippen LogP contribution < -0.4 is 5.32 Å². The Balaban J connectivity index is 3.00. The van der Waals surface area contributed by atoms with Gasteiger partial charge in [-0.2, -0.15) is 0 Å². The summed E-state index contributed by atoms with van der Waals surface area (Å²) in [5, 5.41) is 11.9. The molecule has 1 atom stereocenters. The van der Waals surface area contributed by atoms with Crippen molar-refractivity contribution >= 4 is 17.7 Å². The summed E-state index contributed by atoms with van der Waals surface area (Å²) < 4.78 is 10.3. The Hall–Kier alpha value is -2.08. The molecule has 0 aliphatic rings. The van der Waals surface area contributed by atoms with Crippen molar-refractivity contribution < 1.29 is 24.2 Å². The summed E-state index contributed by atoms with van der Waals surface area (Å²) in [6.45, 7) is 8.90. The van der Waals surface area contributed by atoms with Crippen LogP contribution in [0, 0.1) is 0 Å². The topological polar surface area (TPSA) is 84.9 Å². The molecule has 0 aliphatic heterocycles. The molecule has 6 heteroatoms. The van der Waals surface area contributed by atoms with Crippen molar-refractivity contribution in [3.05, 3.63) is 29.8 Å². The van der Waals surface area contributed by atoms with E-state index in [1.165, 1.54) is 7.11 Å². The van der Waals surface area contributed by atoms with Crippen molar-refractivity contribution in [2.45, 2.75) is 51.7 Å². The fraction of sp³-hybridized carbons (Fsp3) is 0.529. The number of carbonyl (C=O) groups excluding carboxylic acids is 1. The summed E-state index contributed by atoms with van der Waals surface area (Å²) in [4.78, 5) is 23.2. The number of benzene rings is 1. The van der Waals surface area contributed by atoms with Crippen LogP contribution in [-0.2, 0) is 19.7 Å². The van der Waals surface area contributed by atoms with E-state index >= 15 is 0 Å². The number of nitrogens with one attached hydrogen (secondary N) is 1. The Morgan fingerprint density at radius 3 is 2.26 bits per heavy atom. The van der Waals surface area contributed by atoms with Crippen molar-refractivity contribution in [2.24, 2.45) is 0 Å². The maximum absolute atomic E-state index is 11.8. The fourth-order valence-corrected chi connectivity index (χ4v) is 2.27. The molecule has 1 amide bonds. The highest BCUT2D eigenvalue weighted by molar-refractivity contribution is 5.85. The van der Waals surface area contributed by atoms with Gasteiger partial charge in [0.25, 0.3) is 0 Å². The van der Waals surface area contributed by atoms with Crippen LogP contribution in [0.5, 0.6) is 0 Å². The van der Waals surface area contributed by atoms with Crippen molar-refractivity contribution in [1.29, 1.82) is 0 Å². The van der Waals surface area contributed by atoms with E-state index in [-0.39, 0.29) is 0 Å². The van der Waals surface area contributed by atoms with Gasteiger partial charge in [-0.25, -0.2) is 9.59 Å². The number of anilines is 1. The number of hydrogen-bond acceptors (Lipinski definition) is 4. The minimum absolute atomic E-state index is 0.532. The monoisotopic (exact) mass is 323 g/mol. The fourth-order valence-electron chi connectivity index (χ4n) is 2.27. The molecule has 1 aromatic rings. The maximum Gasteiger partial charge on any atom is 0.412 e. The Bertz CT molecular complexity index is 575. The molecule has 0 spiro atoms. The van der Waals surface area contributed by atoms with E-state index in [9.17, 15) is 14.7 Å². The Labute approximate surface area is 136 Å². The molecule has 0 saturated heterocycles. The molecule has 2 N–H and O–H groups in total. The minimum atomic E-state index is -1.04. The molecule has 0 fully saturated rings. The average molecular weight is 323 g/mol. The highest BCUT2D eigenvalue weighted by Crippen LogP contribution is 2.31. The summed E-state index contributed by atoms with van der Waals surface area (Å²) in [6.07, 6.45) is -1.56. The van der Waals surface area contributed by atoms with Gasteiger partial charge in [-0.1, -0.05) is 26.0 Å². The molecule has 0 aromatic heterocycles. The first-order valence-corrected chi connectivity index (χ1v) is 7.33. The second kappa shape index (κ2) is 7.00. The van der Waals surface area contributed by atoms with Crippen LogP contribution in [0.1, 0.15) is 40.2 Å². The van der Waals surface area contributed by atoms with Gasteiger partial charge >= 0.3 is 12.1 Å². The van der Waals surface area contributed by atoms with Gasteiger partial charge in [-0.05, 0) is 38.5 Å². The van der Waals surface area contributed by atoms with Gasteiger partial charge in [0.15, 0.2) is 6.10 Å². The lowest BCUT2D eigenvalue weighted by atomic mass is 9.79. The molecule has 0 saturated carbocycles. The summed E-state index contributed by atoms with van der Waals surface area (Å²) >= 11 is 0. The predicted molar refractivity (Wildman–Crippen MR) is 87.8 cm³/mol. The van der Waals surface area contributed by atoms with Crippen LogP contribution in [0.3, 0.4) is 0 Å². The van der Waals surface area contributed by atoms with E-state index in [1.807, 2.05) is 0 Å². The first-order valence-electron chi connectivity index (χ1n) is 7.33. The lowest BCUT2D eigenvalue weighted by Gasteiger charge is -2.31. The third kappa shape index (κ3) is 5.25. The number of ether oxygens (including phenoxy) is 2. The molecule has 6 nitrogen and oxygen atoms in total. The number of carbonyl (C=O) groups is 2. The van der Waals surface area contributed by atoms with Crippen LogP contribution in [-0.4, -0.2) is 36.0 Å². The summed E-state index contributed by atoms with van der Waals surface area (Å²) in [7, 11) is 1.36. The molecule has 1 rings (SSSR count). The quantitative estimate of drug-likeness (QED) is 0.867. The second-order valence-corrected chi connectivity index (χ2v) is 6.88. The van der Waals surface area contributed by atoms with Gasteiger partial charge in [-0.3, -0.25) is 5.32 Å². The number of carboxylic acid groups (broad SMARTS) is 1. The molecule has 0 bridgehead atoms. The maximum atomic E-state index is 11.8. The van der Waals surface area contributed by atoms with Crippen molar-refractivity contribution in [3.8, 4) is 0 Å². The molecular weight excluding hydrogens is 298 g/mol. The van der Waals surface area contributed by atoms with Crippen molar-refractivity contribution in [2.75, 3.05) is 12.4 Å². The van der Waals surface area contributed by atoms with Crippen LogP contribution in [0.25, 0.3) is 0 Å². The number of hydrogen-bond donors (Lipinski definition) is 2. The van der Waals surface area contributed by atoms with Gasteiger partial charge in [0.2, 0.25) is 0 Å². The molecule has 0 aliphatic carbocycles. The minimum Gasteiger partial charge on any atom is -0.479 e. The SMILES string of the molecule is COC(C(=O)O)C(C)(C)c1cccc(NC(=O)OC(C)(C)C)c1. The van der Waals surface area contributed by atoms with E-state index in [4.69, 9.17) is 9.47 Å². The zero-order valence-electron chi connectivity index (χ0n) is 14.5. The van der Waals surface area contributed by atoms with Crippen LogP contribution in [0.15, 0.2) is 24.3 Å². The smallest absolute Gasteiger partial charge is 0.412 e. The summed E-state index contributed by atoms with van der Waals surface area (Å²) in [6, 6.07) is 6.98. The summed E-state index contributed by atoms with van der Waals surface area (Å²) in [5.41, 5.74) is -0.0946. The zero-order chi connectivity index (χ0) is 17.8. The molecule has 1 unspecified atom stereocenters. The van der Waals surface area contributed by atoms with E-state index < -0.39 is 29.2 Å². The van der Waals surface area contributed by atoms with Gasteiger partial charge in [-0.15, -0.1) is 0 Å². The Morgan fingerprint density at radius 1 is 1.17 bits per heavy atom. The third-order valence-corrected chi connectivity index (χ3v) is 3.37. The van der Waals surface area contributed by atoms with E-state index in [2.05, 4.69) is 5.32 Å². The number of rotatable bonds is 5. The van der Waals surface area contributed by atoms with Gasteiger partial charge in [0, 0.05) is 18.2 Å². The first kappa shape index (κ1) is 19.0. The van der Waals surface area contributed by atoms with Crippen LogP contribution >= 0.6 is 0 Å². The number of aliphatic carboxylic acids is 1. The third-order valence-electron chi connectivity index (χ3n) is 3.37. The number of methoxy groups -OCH3 is 1. The van der Waals surface area contributed by atoms with Gasteiger partial charge in [0.05, 0.1) is 0 Å². The molecular formula is C17H25NO5. The second-order valence-electron chi connectivity index (χ2n) is 6.88. The van der Waals surface area contributed by atoms with E-state index in [0.717, 1.165) is 5.56 Å². The largest absolute Gasteiger partial charge is 0.479 e. The first-order chi connectivity index (χ1) is 10.5. The molecule has 1 aromatic carbocycles. The Morgan fingerprint density at radius 2 is 1.78 bits per heavy atom. The van der Waals surface area contributed by atoms with Gasteiger partial charge < -0.3 is 14.6 Å². The predicted octanol–water partition coefficient (Wildman–Crippen LogP) is 3.41. The van der Waals surface area contributed by atoms with Crippen LogP contribution in [0.4, 0.5) is 10.5 Å². The Kier molecular flexibility index (Phi) is 5.77. The van der Waals surface area contributed by atoms with E-state index in [1.54, 1.807) is 58.9 Å². The molecule has 0 radical (unpaired) electrons. The molecule has 0 heterocycles. The molecule has 23 heavy (non-hydrogen) atoms. The number of carboxylic acids is 1. The van der Waals surface area contributed by atoms with E-state index in [0.29, 0.717) is 5.69 Å². The normalized spacial score (nSPS) is 13.3. The van der Waals surface area contributed by atoms with Crippen molar-refractivity contribution in [3.63, 3.8) is 0 Å². The lowest BCUT2D eigenvalue weighted by molar-refractivity contribution is -0.152. The lowest BCUT2D eigenvalue weighted by Crippen LogP contribution is -2.41. The van der Waals surface area contributed by atoms with Gasteiger partial charge in [0.1, 0.15) is 5.60 Å². The van der Waals surface area contributed by atoms with Crippen LogP contribution in [0.2, 0.25) is 0 Å². The standard InChI is InChI=1S/C17H25NO5/c1-16(2,3)23-15(21)18-12-9-7-8-11(10-12)17(4,5)13(22-6)14(19)20/h7-10,13H,1-6H3,(H,18,21)(H,19,20). The highest BCUT2D eigenvalue weighted by Gasteiger charge is 2.37. The van der Waals surface area contributed by atoms with Crippen molar-refractivity contribution in [1.82, 2.24) is 0 Å². The summed E-state index contributed by atoms with van der Waals surface area (Å²) in [5.74, 6) is -1.04. The average Bonchev–Trinajstić information content (AvgIpc) is 2.36. The molecule has 128 valence electrons. The zero-order valence-corrected chi connectivity index (χ0v) is 14.5.